The minimum atomic E-state index is -2.34. The topological polar surface area (TPSA) is 0 Å². The van der Waals surface area contributed by atoms with E-state index in [-0.39, 0.29) is 5.92 Å². The smallest absolute Gasteiger partial charge is 0.198 e. The fourth-order valence-corrected chi connectivity index (χ4v) is 5.57. The molecule has 0 radical (unpaired) electrons. The molecule has 1 aromatic carbocycles. The maximum atomic E-state index is 13.4. The fourth-order valence-electron chi connectivity index (χ4n) is 4.52. The first-order valence-electron chi connectivity index (χ1n) is 10.0. The van der Waals surface area contributed by atoms with Crippen LogP contribution in [0, 0.1) is 11.8 Å². The van der Waals surface area contributed by atoms with Crippen molar-refractivity contribution in [3.8, 4) is 0 Å². The zero-order chi connectivity index (χ0) is 18.4. The molecule has 0 aliphatic heterocycles. The monoisotopic (exact) mass is 376 g/mol. The summed E-state index contributed by atoms with van der Waals surface area (Å²) in [7, 11) is 0. The van der Waals surface area contributed by atoms with E-state index < -0.39 is 10.5 Å². The highest BCUT2D eigenvalue weighted by Crippen LogP contribution is 2.49. The van der Waals surface area contributed by atoms with Gasteiger partial charge in [0.05, 0.1) is 4.75 Å². The number of hydrogen-bond donors (Lipinski definition) is 0. The van der Waals surface area contributed by atoms with Crippen LogP contribution < -0.4 is 0 Å². The van der Waals surface area contributed by atoms with Crippen LogP contribution in [0.15, 0.2) is 54.6 Å². The SMILES string of the molecule is CCCCC1CCC(C2(SC(F)F)C=CC(c3ccccc3)C=C2)CC1. The van der Waals surface area contributed by atoms with E-state index in [0.29, 0.717) is 5.92 Å². The van der Waals surface area contributed by atoms with Crippen molar-refractivity contribution in [3.05, 3.63) is 60.2 Å². The van der Waals surface area contributed by atoms with Crippen LogP contribution in [0.1, 0.15) is 63.4 Å². The van der Waals surface area contributed by atoms with Gasteiger partial charge < -0.3 is 0 Å². The highest BCUT2D eigenvalue weighted by molar-refractivity contribution is 8.01. The molecular weight excluding hydrogens is 346 g/mol. The molecule has 0 unspecified atom stereocenters. The Morgan fingerprint density at radius 3 is 2.27 bits per heavy atom. The summed E-state index contributed by atoms with van der Waals surface area (Å²) in [6.45, 7) is 2.24. The Labute approximate surface area is 161 Å². The van der Waals surface area contributed by atoms with Crippen molar-refractivity contribution in [2.45, 2.75) is 68.3 Å². The predicted octanol–water partition coefficient (Wildman–Crippen LogP) is 7.59. The summed E-state index contributed by atoms with van der Waals surface area (Å²) in [6.07, 6.45) is 16.8. The van der Waals surface area contributed by atoms with Gasteiger partial charge in [-0.1, -0.05) is 105 Å². The summed E-state index contributed by atoms with van der Waals surface area (Å²) < 4.78 is 26.2. The molecule has 0 atom stereocenters. The van der Waals surface area contributed by atoms with Crippen LogP contribution in [0.4, 0.5) is 8.78 Å². The van der Waals surface area contributed by atoms with Gasteiger partial charge in [-0.05, 0) is 30.2 Å². The third-order valence-electron chi connectivity index (χ3n) is 6.06. The van der Waals surface area contributed by atoms with E-state index in [1.54, 1.807) is 0 Å². The Kier molecular flexibility index (Phi) is 6.97. The number of allylic oxidation sites excluding steroid dienone is 2. The summed E-state index contributed by atoms with van der Waals surface area (Å²) in [4.78, 5) is 0. The van der Waals surface area contributed by atoms with E-state index in [4.69, 9.17) is 0 Å². The van der Waals surface area contributed by atoms with Gasteiger partial charge in [0.15, 0.2) is 0 Å². The van der Waals surface area contributed by atoms with E-state index in [1.807, 2.05) is 18.2 Å². The van der Waals surface area contributed by atoms with Gasteiger partial charge in [-0.2, -0.15) is 8.78 Å². The third kappa shape index (κ3) is 4.79. The lowest BCUT2D eigenvalue weighted by molar-refractivity contribution is 0.232. The molecule has 1 aromatic rings. The van der Waals surface area contributed by atoms with Crippen molar-refractivity contribution in [1.29, 1.82) is 0 Å². The Bertz CT molecular complexity index is 586. The molecule has 0 N–H and O–H groups in total. The quantitative estimate of drug-likeness (QED) is 0.442. The van der Waals surface area contributed by atoms with Crippen LogP contribution in [0.3, 0.4) is 0 Å². The van der Waals surface area contributed by atoms with Gasteiger partial charge in [0.25, 0.3) is 5.76 Å². The molecule has 2 aliphatic rings. The van der Waals surface area contributed by atoms with Crippen molar-refractivity contribution in [3.63, 3.8) is 0 Å². The standard InChI is InChI=1S/C23H30F2S/c1-2-3-7-18-10-12-21(13-11-18)23(26-22(24)25)16-14-20(15-17-23)19-8-5-4-6-9-19/h4-6,8-9,14-18,20-22H,2-3,7,10-13H2,1H3. The number of hydrogen-bond acceptors (Lipinski definition) is 1. The van der Waals surface area contributed by atoms with Crippen molar-refractivity contribution in [2.24, 2.45) is 11.8 Å². The number of unbranched alkanes of at least 4 members (excludes halogenated alkanes) is 1. The molecule has 3 rings (SSSR count). The average molecular weight is 377 g/mol. The number of alkyl halides is 2. The molecule has 0 amide bonds. The van der Waals surface area contributed by atoms with Gasteiger partial charge >= 0.3 is 0 Å². The Balaban J connectivity index is 1.70. The molecule has 0 bridgehead atoms. The molecule has 3 heteroatoms. The zero-order valence-electron chi connectivity index (χ0n) is 15.6. The van der Waals surface area contributed by atoms with E-state index in [1.165, 1.54) is 37.7 Å². The van der Waals surface area contributed by atoms with Gasteiger partial charge in [-0.3, -0.25) is 0 Å². The van der Waals surface area contributed by atoms with E-state index >= 15 is 0 Å². The van der Waals surface area contributed by atoms with Gasteiger partial charge in [0.2, 0.25) is 0 Å². The van der Waals surface area contributed by atoms with E-state index in [9.17, 15) is 8.78 Å². The zero-order valence-corrected chi connectivity index (χ0v) is 16.4. The van der Waals surface area contributed by atoms with Crippen LogP contribution >= 0.6 is 11.8 Å². The molecule has 142 valence electrons. The van der Waals surface area contributed by atoms with Crippen LogP contribution in [0.2, 0.25) is 0 Å². The van der Waals surface area contributed by atoms with Crippen LogP contribution in [0.25, 0.3) is 0 Å². The lowest BCUT2D eigenvalue weighted by Crippen LogP contribution is -2.36. The van der Waals surface area contributed by atoms with Crippen LogP contribution in [0.5, 0.6) is 0 Å². The largest absolute Gasteiger partial charge is 0.285 e. The highest BCUT2D eigenvalue weighted by Gasteiger charge is 2.40. The minimum Gasteiger partial charge on any atom is -0.198 e. The summed E-state index contributed by atoms with van der Waals surface area (Å²) in [5.74, 6) is -1.02. The lowest BCUT2D eigenvalue weighted by atomic mass is 9.72. The molecule has 0 saturated heterocycles. The van der Waals surface area contributed by atoms with Gasteiger partial charge in [-0.15, -0.1) is 0 Å². The summed E-state index contributed by atoms with van der Waals surface area (Å²) >= 11 is 0.839. The maximum absolute atomic E-state index is 13.4. The number of rotatable bonds is 7. The molecule has 1 saturated carbocycles. The molecule has 0 heterocycles. The predicted molar refractivity (Wildman–Crippen MR) is 109 cm³/mol. The summed E-state index contributed by atoms with van der Waals surface area (Å²) in [5.41, 5.74) is 1.22. The first kappa shape index (κ1) is 19.7. The molecule has 2 aliphatic carbocycles. The van der Waals surface area contributed by atoms with E-state index in [2.05, 4.69) is 43.4 Å². The van der Waals surface area contributed by atoms with Gasteiger partial charge in [0.1, 0.15) is 0 Å². The normalized spacial score (nSPS) is 31.5. The highest BCUT2D eigenvalue weighted by atomic mass is 32.2. The molecule has 0 nitrogen and oxygen atoms in total. The molecule has 0 spiro atoms. The first-order valence-corrected chi connectivity index (χ1v) is 10.9. The van der Waals surface area contributed by atoms with Crippen LogP contribution in [-0.4, -0.2) is 10.5 Å². The molecule has 0 aromatic heterocycles. The van der Waals surface area contributed by atoms with E-state index in [0.717, 1.165) is 30.5 Å². The number of benzene rings is 1. The Morgan fingerprint density at radius 1 is 1.04 bits per heavy atom. The first-order chi connectivity index (χ1) is 12.6. The Morgan fingerprint density at radius 2 is 1.69 bits per heavy atom. The Hall–Kier alpha value is -1.09. The van der Waals surface area contributed by atoms with Crippen molar-refractivity contribution < 1.29 is 8.78 Å². The summed E-state index contributed by atoms with van der Waals surface area (Å²) in [6, 6.07) is 10.3. The average Bonchev–Trinajstić information content (AvgIpc) is 2.67. The van der Waals surface area contributed by atoms with Crippen molar-refractivity contribution in [1.82, 2.24) is 0 Å². The second kappa shape index (κ2) is 9.21. The number of thioether (sulfide) groups is 1. The van der Waals surface area contributed by atoms with Crippen molar-refractivity contribution >= 4 is 11.8 Å². The third-order valence-corrected chi connectivity index (χ3v) is 7.25. The second-order valence-corrected chi connectivity index (χ2v) is 9.05. The molecular formula is C23H30F2S. The molecule has 1 fully saturated rings. The van der Waals surface area contributed by atoms with Gasteiger partial charge in [0, 0.05) is 5.92 Å². The molecule has 26 heavy (non-hydrogen) atoms. The maximum Gasteiger partial charge on any atom is 0.285 e. The summed E-state index contributed by atoms with van der Waals surface area (Å²) in [5, 5.41) is 0. The lowest BCUT2D eigenvalue weighted by Gasteiger charge is -2.41. The number of halogens is 2. The van der Waals surface area contributed by atoms with Crippen LogP contribution in [-0.2, 0) is 0 Å². The van der Waals surface area contributed by atoms with Crippen molar-refractivity contribution in [2.75, 3.05) is 0 Å². The minimum absolute atomic E-state index is 0.198. The fraction of sp³-hybridized carbons (Fsp3) is 0.565. The van der Waals surface area contributed by atoms with Gasteiger partial charge in [-0.25, -0.2) is 0 Å². The second-order valence-electron chi connectivity index (χ2n) is 7.75.